The molecule has 4 nitrogen and oxygen atoms in total. The third-order valence-corrected chi connectivity index (χ3v) is 4.40. The number of nitrogens with one attached hydrogen (secondary N) is 1. The standard InChI is InChI=1S/C19H19NO3/c1-11-8-13(3)17-15(9-11)19(23,18(22)20-17)10-16(21)14-7-5-4-6-12(14)2/h4-9,23H,10H2,1-3H3,(H,20,22)/t19-/m1/s1. The van der Waals surface area contributed by atoms with Gasteiger partial charge in [0.25, 0.3) is 5.91 Å². The predicted molar refractivity (Wildman–Crippen MR) is 88.6 cm³/mol. The number of rotatable bonds is 3. The van der Waals surface area contributed by atoms with E-state index in [1.807, 2.05) is 39.0 Å². The maximum absolute atomic E-state index is 12.6. The summed E-state index contributed by atoms with van der Waals surface area (Å²) in [4.78, 5) is 25.0. The van der Waals surface area contributed by atoms with Crippen molar-refractivity contribution >= 4 is 17.4 Å². The molecule has 0 spiro atoms. The molecular formula is C19H19NO3. The van der Waals surface area contributed by atoms with Crippen LogP contribution in [0.25, 0.3) is 0 Å². The molecule has 23 heavy (non-hydrogen) atoms. The summed E-state index contributed by atoms with van der Waals surface area (Å²) in [6, 6.07) is 10.9. The number of fused-ring (bicyclic) bond motifs is 1. The second-order valence-corrected chi connectivity index (χ2v) is 6.23. The van der Waals surface area contributed by atoms with Crippen LogP contribution in [-0.4, -0.2) is 16.8 Å². The van der Waals surface area contributed by atoms with Crippen molar-refractivity contribution in [2.75, 3.05) is 5.32 Å². The first-order chi connectivity index (χ1) is 10.8. The Labute approximate surface area is 135 Å². The van der Waals surface area contributed by atoms with Gasteiger partial charge in [0.15, 0.2) is 11.4 Å². The summed E-state index contributed by atoms with van der Waals surface area (Å²) in [5, 5.41) is 13.7. The van der Waals surface area contributed by atoms with E-state index in [2.05, 4.69) is 5.32 Å². The van der Waals surface area contributed by atoms with E-state index >= 15 is 0 Å². The fourth-order valence-corrected chi connectivity index (χ4v) is 3.19. The summed E-state index contributed by atoms with van der Waals surface area (Å²) in [5.74, 6) is -0.782. The number of hydrogen-bond acceptors (Lipinski definition) is 3. The van der Waals surface area contributed by atoms with Crippen LogP contribution < -0.4 is 5.32 Å². The molecule has 2 aromatic carbocycles. The molecule has 0 aromatic heterocycles. The lowest BCUT2D eigenvalue weighted by atomic mass is 9.86. The van der Waals surface area contributed by atoms with Gasteiger partial charge in [0.05, 0.1) is 12.1 Å². The monoisotopic (exact) mass is 309 g/mol. The van der Waals surface area contributed by atoms with Gasteiger partial charge in [-0.25, -0.2) is 0 Å². The minimum Gasteiger partial charge on any atom is -0.375 e. The number of ketones is 1. The van der Waals surface area contributed by atoms with Crippen molar-refractivity contribution in [3.05, 3.63) is 64.2 Å². The second-order valence-electron chi connectivity index (χ2n) is 6.23. The van der Waals surface area contributed by atoms with Gasteiger partial charge in [-0.3, -0.25) is 9.59 Å². The van der Waals surface area contributed by atoms with Crippen molar-refractivity contribution < 1.29 is 14.7 Å². The SMILES string of the molecule is Cc1cc(C)c2c(c1)[C@](O)(CC(=O)c1ccccc1C)C(=O)N2. The highest BCUT2D eigenvalue weighted by molar-refractivity contribution is 6.10. The predicted octanol–water partition coefficient (Wildman–Crippen LogP) is 3.02. The molecule has 1 amide bonds. The number of aryl methyl sites for hydroxylation is 3. The summed E-state index contributed by atoms with van der Waals surface area (Å²) in [5.41, 5.74) is 2.48. The molecule has 2 aromatic rings. The third-order valence-electron chi connectivity index (χ3n) is 4.40. The lowest BCUT2D eigenvalue weighted by molar-refractivity contribution is -0.133. The number of aliphatic hydroxyl groups is 1. The Morgan fingerprint density at radius 2 is 1.83 bits per heavy atom. The van der Waals surface area contributed by atoms with Crippen molar-refractivity contribution in [1.29, 1.82) is 0 Å². The van der Waals surface area contributed by atoms with Gasteiger partial charge < -0.3 is 10.4 Å². The van der Waals surface area contributed by atoms with Gasteiger partial charge in [-0.05, 0) is 31.9 Å². The van der Waals surface area contributed by atoms with Gasteiger partial charge in [0, 0.05) is 11.1 Å². The zero-order valence-electron chi connectivity index (χ0n) is 13.4. The Morgan fingerprint density at radius 1 is 1.13 bits per heavy atom. The maximum Gasteiger partial charge on any atom is 0.261 e. The van der Waals surface area contributed by atoms with Crippen molar-refractivity contribution in [2.24, 2.45) is 0 Å². The number of carbonyl (C=O) groups is 2. The molecule has 0 fully saturated rings. The van der Waals surface area contributed by atoms with Crippen LogP contribution in [0.2, 0.25) is 0 Å². The number of benzene rings is 2. The van der Waals surface area contributed by atoms with E-state index in [4.69, 9.17) is 0 Å². The van der Waals surface area contributed by atoms with E-state index in [-0.39, 0.29) is 12.2 Å². The third kappa shape index (κ3) is 2.45. The number of hydrogen-bond donors (Lipinski definition) is 2. The first kappa shape index (κ1) is 15.4. The topological polar surface area (TPSA) is 66.4 Å². The summed E-state index contributed by atoms with van der Waals surface area (Å²) < 4.78 is 0. The van der Waals surface area contributed by atoms with E-state index < -0.39 is 11.5 Å². The molecule has 1 heterocycles. The van der Waals surface area contributed by atoms with Crippen LogP contribution in [0, 0.1) is 20.8 Å². The molecule has 0 unspecified atom stereocenters. The molecule has 0 radical (unpaired) electrons. The van der Waals surface area contributed by atoms with Gasteiger partial charge in [-0.2, -0.15) is 0 Å². The summed E-state index contributed by atoms with van der Waals surface area (Å²) in [7, 11) is 0. The minimum absolute atomic E-state index is 0.243. The number of carbonyl (C=O) groups excluding carboxylic acids is 2. The smallest absolute Gasteiger partial charge is 0.261 e. The van der Waals surface area contributed by atoms with Crippen molar-refractivity contribution in [1.82, 2.24) is 0 Å². The van der Waals surface area contributed by atoms with Crippen LogP contribution in [0.15, 0.2) is 36.4 Å². The Bertz CT molecular complexity index is 825. The van der Waals surface area contributed by atoms with Gasteiger partial charge in [-0.15, -0.1) is 0 Å². The lowest BCUT2D eigenvalue weighted by Crippen LogP contribution is -2.36. The van der Waals surface area contributed by atoms with Gasteiger partial charge in [-0.1, -0.05) is 42.0 Å². The molecule has 0 saturated heterocycles. The quantitative estimate of drug-likeness (QED) is 0.857. The molecule has 0 saturated carbocycles. The van der Waals surface area contributed by atoms with Gasteiger partial charge >= 0.3 is 0 Å². The summed E-state index contributed by atoms with van der Waals surface area (Å²) >= 11 is 0. The molecule has 4 heteroatoms. The van der Waals surface area contributed by atoms with Crippen LogP contribution in [0.1, 0.15) is 39.0 Å². The Morgan fingerprint density at radius 3 is 2.52 bits per heavy atom. The van der Waals surface area contributed by atoms with E-state index in [1.165, 1.54) is 0 Å². The zero-order valence-corrected chi connectivity index (χ0v) is 13.4. The molecule has 2 N–H and O–H groups in total. The minimum atomic E-state index is -1.81. The molecular weight excluding hydrogens is 290 g/mol. The van der Waals surface area contributed by atoms with Crippen molar-refractivity contribution in [3.63, 3.8) is 0 Å². The highest BCUT2D eigenvalue weighted by Gasteiger charge is 2.47. The normalized spacial score (nSPS) is 19.4. The van der Waals surface area contributed by atoms with E-state index in [0.29, 0.717) is 16.8 Å². The molecule has 1 aliphatic heterocycles. The molecule has 118 valence electrons. The zero-order chi connectivity index (χ0) is 16.8. The van der Waals surface area contributed by atoms with Crippen LogP contribution in [0.4, 0.5) is 5.69 Å². The molecule has 0 bridgehead atoms. The largest absolute Gasteiger partial charge is 0.375 e. The average Bonchev–Trinajstić information content (AvgIpc) is 2.72. The highest BCUT2D eigenvalue weighted by Crippen LogP contribution is 2.41. The number of Topliss-reactive ketones (excluding diaryl/α,β-unsaturated/α-hetero) is 1. The van der Waals surface area contributed by atoms with E-state index in [1.54, 1.807) is 18.2 Å². The highest BCUT2D eigenvalue weighted by atomic mass is 16.3. The van der Waals surface area contributed by atoms with E-state index in [0.717, 1.165) is 16.7 Å². The van der Waals surface area contributed by atoms with Crippen LogP contribution >= 0.6 is 0 Å². The second kappa shape index (κ2) is 5.32. The Hall–Kier alpha value is -2.46. The molecule has 0 aliphatic carbocycles. The van der Waals surface area contributed by atoms with Crippen LogP contribution in [0.5, 0.6) is 0 Å². The fourth-order valence-electron chi connectivity index (χ4n) is 3.19. The number of anilines is 1. The van der Waals surface area contributed by atoms with Gasteiger partial charge in [0.1, 0.15) is 0 Å². The summed E-state index contributed by atoms with van der Waals surface area (Å²) in [6.45, 7) is 5.62. The number of amides is 1. The van der Waals surface area contributed by atoms with Gasteiger partial charge in [0.2, 0.25) is 0 Å². The Kier molecular flexibility index (Phi) is 3.57. The van der Waals surface area contributed by atoms with Crippen LogP contribution in [0.3, 0.4) is 0 Å². The van der Waals surface area contributed by atoms with Crippen molar-refractivity contribution in [2.45, 2.75) is 32.8 Å². The first-order valence-electron chi connectivity index (χ1n) is 7.57. The molecule has 1 atom stereocenters. The van der Waals surface area contributed by atoms with Crippen LogP contribution in [-0.2, 0) is 10.4 Å². The fraction of sp³-hybridized carbons (Fsp3) is 0.263. The lowest BCUT2D eigenvalue weighted by Gasteiger charge is -2.21. The average molecular weight is 309 g/mol. The maximum atomic E-state index is 12.6. The molecule has 3 rings (SSSR count). The molecule has 1 aliphatic rings. The van der Waals surface area contributed by atoms with E-state index in [9.17, 15) is 14.7 Å². The first-order valence-corrected chi connectivity index (χ1v) is 7.57. The summed E-state index contributed by atoms with van der Waals surface area (Å²) in [6.07, 6.45) is -0.264. The van der Waals surface area contributed by atoms with Crippen molar-refractivity contribution in [3.8, 4) is 0 Å². The Balaban J connectivity index is 2.02.